The summed E-state index contributed by atoms with van der Waals surface area (Å²) in [6.45, 7) is 8.31. The largest absolute Gasteiger partial charge is 0.489 e. The van der Waals surface area contributed by atoms with Crippen LogP contribution in [0.4, 0.5) is 4.79 Å². The summed E-state index contributed by atoms with van der Waals surface area (Å²) in [7, 11) is 1.30. The minimum atomic E-state index is -0.953. The van der Waals surface area contributed by atoms with Crippen LogP contribution in [0.5, 0.6) is 11.6 Å². The van der Waals surface area contributed by atoms with Crippen molar-refractivity contribution in [2.45, 2.75) is 97.1 Å². The molecule has 6 rings (SSSR count). The maximum Gasteiger partial charge on any atom is 0.408 e. The van der Waals surface area contributed by atoms with Gasteiger partial charge in [0.15, 0.2) is 0 Å². The molecule has 1 aliphatic carbocycles. The maximum absolute atomic E-state index is 14.3. The molecule has 2 aliphatic heterocycles. The molecule has 1 N–H and O–H groups in total. The van der Waals surface area contributed by atoms with E-state index in [1.165, 1.54) is 12.0 Å². The highest BCUT2D eigenvalue weighted by molar-refractivity contribution is 5.91. The third kappa shape index (κ3) is 8.20. The fourth-order valence-corrected chi connectivity index (χ4v) is 7.30. The summed E-state index contributed by atoms with van der Waals surface area (Å²) in [6.07, 6.45) is 7.13. The zero-order valence-electron chi connectivity index (χ0n) is 29.6. The lowest BCUT2D eigenvalue weighted by atomic mass is 9.85. The number of ether oxygens (including phenoxy) is 4. The van der Waals surface area contributed by atoms with Crippen LogP contribution in [0, 0.1) is 17.3 Å². The summed E-state index contributed by atoms with van der Waals surface area (Å²) in [6, 6.07) is 13.7. The molecule has 2 fully saturated rings. The quantitative estimate of drug-likeness (QED) is 0.307. The van der Waals surface area contributed by atoms with Crippen molar-refractivity contribution in [2.75, 3.05) is 13.7 Å². The summed E-state index contributed by atoms with van der Waals surface area (Å²) in [5, 5.41) is 2.87. The molecule has 50 heavy (non-hydrogen) atoms. The van der Waals surface area contributed by atoms with Gasteiger partial charge in [0.05, 0.1) is 24.7 Å². The van der Waals surface area contributed by atoms with Gasteiger partial charge in [-0.05, 0) is 73.1 Å². The number of carbonyl (C=O) groups excluding carboxylic acids is 3. The third-order valence-electron chi connectivity index (χ3n) is 9.90. The molecule has 2 amide bonds. The Morgan fingerprint density at radius 3 is 2.58 bits per heavy atom. The van der Waals surface area contributed by atoms with Crippen LogP contribution in [-0.2, 0) is 25.7 Å². The van der Waals surface area contributed by atoms with E-state index in [9.17, 15) is 14.4 Å². The van der Waals surface area contributed by atoms with Gasteiger partial charge in [-0.3, -0.25) is 4.79 Å². The van der Waals surface area contributed by atoms with Crippen LogP contribution < -0.4 is 14.8 Å². The van der Waals surface area contributed by atoms with Crippen molar-refractivity contribution in [1.82, 2.24) is 20.2 Å². The van der Waals surface area contributed by atoms with Crippen LogP contribution in [0.3, 0.4) is 0 Å². The molecular weight excluding hydrogens is 636 g/mol. The van der Waals surface area contributed by atoms with Gasteiger partial charge in [0.1, 0.15) is 42.3 Å². The second-order valence-electron chi connectivity index (χ2n) is 14.9. The summed E-state index contributed by atoms with van der Waals surface area (Å²) in [4.78, 5) is 51.9. The Kier molecular flexibility index (Phi) is 10.6. The van der Waals surface area contributed by atoms with Crippen molar-refractivity contribution in [3.05, 3.63) is 65.9 Å². The molecule has 6 atom stereocenters. The van der Waals surface area contributed by atoms with Gasteiger partial charge < -0.3 is 29.2 Å². The molecule has 3 aromatic rings. The predicted octanol–water partition coefficient (Wildman–Crippen LogP) is 6.48. The van der Waals surface area contributed by atoms with Crippen molar-refractivity contribution in [1.29, 1.82) is 0 Å². The first-order chi connectivity index (χ1) is 24.0. The number of fused-ring (bicyclic) bond motifs is 5. The Morgan fingerprint density at radius 1 is 1.02 bits per heavy atom. The molecule has 2 aromatic carbocycles. The molecule has 1 saturated heterocycles. The fraction of sp³-hybridized carbons (Fsp3) is 0.513. The van der Waals surface area contributed by atoms with Gasteiger partial charge >= 0.3 is 12.1 Å². The van der Waals surface area contributed by atoms with Crippen molar-refractivity contribution >= 4 is 35.1 Å². The van der Waals surface area contributed by atoms with Crippen LogP contribution in [0.1, 0.15) is 77.5 Å². The van der Waals surface area contributed by atoms with Crippen molar-refractivity contribution in [2.24, 2.45) is 17.3 Å². The predicted molar refractivity (Wildman–Crippen MR) is 188 cm³/mol. The minimum absolute atomic E-state index is 0.0905. The number of hydrogen-bond acceptors (Lipinski definition) is 9. The molecule has 3 aliphatic rings. The second-order valence-corrected chi connectivity index (χ2v) is 14.9. The lowest BCUT2D eigenvalue weighted by Crippen LogP contribution is -2.57. The number of esters is 1. The number of hydrogen-bond donors (Lipinski definition) is 1. The van der Waals surface area contributed by atoms with E-state index in [-0.39, 0.29) is 25.0 Å². The molecule has 2 bridgehead atoms. The molecule has 0 radical (unpaired) electrons. The number of benzene rings is 2. The highest BCUT2D eigenvalue weighted by Crippen LogP contribution is 2.37. The number of allylic oxidation sites excluding steroid dienone is 1. The molecule has 11 heteroatoms. The monoisotopic (exact) mass is 684 g/mol. The average Bonchev–Trinajstić information content (AvgIpc) is 3.67. The van der Waals surface area contributed by atoms with E-state index in [1.807, 2.05) is 75.4 Å². The number of carbonyl (C=O) groups is 3. The number of methoxy groups -OCH3 is 1. The Bertz CT molecular complexity index is 1720. The zero-order valence-corrected chi connectivity index (χ0v) is 29.6. The van der Waals surface area contributed by atoms with Gasteiger partial charge in [-0.15, -0.1) is 0 Å². The van der Waals surface area contributed by atoms with Crippen LogP contribution >= 0.6 is 0 Å². The van der Waals surface area contributed by atoms with Crippen molar-refractivity contribution in [3.8, 4) is 11.6 Å². The Labute approximate surface area is 293 Å². The standard InChI is InChI=1S/C39H48N4O7/c1-24-18-26-14-10-7-11-15-30-35(41-31-20-27(16-17-29(31)40-30)48-23-25-12-8-6-9-13-25)49-28-21-32(37(45)47-5)43(22-28)36(44)34(39(2,3)4)42-38(46)50-33(26)19-24/h6,8-9,11-13,15-17,20,24,26,28,32-34H,7,10,14,18-19,21-23H2,1-5H3,(H,42,46)/b15-11+/t24-,26-,28-,32+,33-,34-/m1/s1. The molecular formula is C39H48N4O7. The van der Waals surface area contributed by atoms with E-state index < -0.39 is 41.6 Å². The number of amides is 2. The van der Waals surface area contributed by atoms with Gasteiger partial charge in [0, 0.05) is 12.5 Å². The molecule has 266 valence electrons. The first kappa shape index (κ1) is 35.2. The second kappa shape index (κ2) is 15.1. The average molecular weight is 685 g/mol. The number of aromatic nitrogens is 2. The smallest absolute Gasteiger partial charge is 0.408 e. The van der Waals surface area contributed by atoms with Crippen LogP contribution in [0.15, 0.2) is 54.6 Å². The summed E-state index contributed by atoms with van der Waals surface area (Å²) >= 11 is 0. The Hall–Kier alpha value is -4.67. The fourth-order valence-electron chi connectivity index (χ4n) is 7.30. The van der Waals surface area contributed by atoms with Gasteiger partial charge in [-0.1, -0.05) is 64.1 Å². The van der Waals surface area contributed by atoms with Gasteiger partial charge in [0.25, 0.3) is 0 Å². The molecule has 1 saturated carbocycles. The summed E-state index contributed by atoms with van der Waals surface area (Å²) < 4.78 is 23.7. The number of nitrogens with zero attached hydrogens (tertiary/aromatic N) is 3. The van der Waals surface area contributed by atoms with E-state index in [4.69, 9.17) is 28.9 Å². The van der Waals surface area contributed by atoms with Gasteiger partial charge in [-0.25, -0.2) is 19.6 Å². The molecule has 0 unspecified atom stereocenters. The molecule has 3 heterocycles. The minimum Gasteiger partial charge on any atom is -0.489 e. The summed E-state index contributed by atoms with van der Waals surface area (Å²) in [5.41, 5.74) is 2.21. The van der Waals surface area contributed by atoms with Gasteiger partial charge in [0.2, 0.25) is 11.8 Å². The van der Waals surface area contributed by atoms with E-state index in [2.05, 4.69) is 18.3 Å². The van der Waals surface area contributed by atoms with E-state index in [0.29, 0.717) is 40.9 Å². The highest BCUT2D eigenvalue weighted by atomic mass is 16.6. The van der Waals surface area contributed by atoms with Crippen molar-refractivity contribution < 1.29 is 33.3 Å². The van der Waals surface area contributed by atoms with E-state index in [0.717, 1.165) is 37.7 Å². The van der Waals surface area contributed by atoms with Crippen LogP contribution in [0.2, 0.25) is 0 Å². The Balaban J connectivity index is 1.34. The van der Waals surface area contributed by atoms with E-state index >= 15 is 0 Å². The molecule has 11 nitrogen and oxygen atoms in total. The number of rotatable bonds is 4. The first-order valence-corrected chi connectivity index (χ1v) is 17.7. The first-order valence-electron chi connectivity index (χ1n) is 17.7. The van der Waals surface area contributed by atoms with Crippen molar-refractivity contribution in [3.63, 3.8) is 0 Å². The maximum atomic E-state index is 14.3. The normalized spacial score (nSPS) is 26.8. The van der Waals surface area contributed by atoms with E-state index in [1.54, 1.807) is 0 Å². The lowest BCUT2D eigenvalue weighted by Gasteiger charge is -2.35. The Morgan fingerprint density at radius 2 is 1.82 bits per heavy atom. The van der Waals surface area contributed by atoms with Crippen LogP contribution in [0.25, 0.3) is 17.1 Å². The lowest BCUT2D eigenvalue weighted by molar-refractivity contribution is -0.152. The SMILES string of the molecule is COC(=O)[C@@H]1C[C@@H]2CN1C(=O)[C@H](C(C)(C)C)NC(=O)O[C@@H]1C[C@H](C)C[C@H]1CCC/C=C/c1nc3ccc(OCc4ccccc4)cc3nc1O2. The summed E-state index contributed by atoms with van der Waals surface area (Å²) in [5.74, 6) is 0.649. The van der Waals surface area contributed by atoms with Crippen LogP contribution in [-0.4, -0.2) is 70.8 Å². The zero-order chi connectivity index (χ0) is 35.4. The molecule has 0 spiro atoms. The number of alkyl carbamates (subject to hydrolysis) is 1. The molecule has 1 aromatic heterocycles. The van der Waals surface area contributed by atoms with Gasteiger partial charge in [-0.2, -0.15) is 0 Å². The third-order valence-corrected chi connectivity index (χ3v) is 9.90. The highest BCUT2D eigenvalue weighted by Gasteiger charge is 2.47. The number of nitrogens with one attached hydrogen (secondary N) is 1. The topological polar surface area (TPSA) is 129 Å².